The lowest BCUT2D eigenvalue weighted by Crippen LogP contribution is -2.26. The Bertz CT molecular complexity index is 661. The zero-order valence-electron chi connectivity index (χ0n) is 10.5. The molecule has 0 spiro atoms. The third-order valence-electron chi connectivity index (χ3n) is 2.69. The number of carbonyl (C=O) groups is 1. The van der Waals surface area contributed by atoms with Crippen molar-refractivity contribution in [2.75, 3.05) is 11.9 Å². The van der Waals surface area contributed by atoms with Gasteiger partial charge in [0.2, 0.25) is 0 Å². The van der Waals surface area contributed by atoms with E-state index in [2.05, 4.69) is 4.98 Å². The number of aromatic nitrogens is 1. The molecule has 2 aromatic rings. The minimum atomic E-state index is -0.598. The Morgan fingerprint density at radius 1 is 1.35 bits per heavy atom. The largest absolute Gasteiger partial charge is 0.296 e. The van der Waals surface area contributed by atoms with Crippen molar-refractivity contribution < 1.29 is 9.72 Å². The number of carbonyl (C=O) groups excluding carboxylic acids is 1. The number of benzene rings is 1. The van der Waals surface area contributed by atoms with E-state index in [-0.39, 0.29) is 22.2 Å². The Labute approximate surface area is 119 Å². The van der Waals surface area contributed by atoms with Crippen LogP contribution in [0, 0.1) is 10.1 Å². The van der Waals surface area contributed by atoms with Crippen molar-refractivity contribution in [2.24, 2.45) is 0 Å². The number of nitrogens with zero attached hydrogens (tertiary/aromatic N) is 3. The third kappa shape index (κ3) is 2.75. The van der Waals surface area contributed by atoms with E-state index in [1.165, 1.54) is 23.1 Å². The van der Waals surface area contributed by atoms with Crippen LogP contribution in [0.3, 0.4) is 0 Å². The predicted octanol–water partition coefficient (Wildman–Crippen LogP) is 2.92. The summed E-state index contributed by atoms with van der Waals surface area (Å²) >= 11 is 5.79. The van der Waals surface area contributed by atoms with Gasteiger partial charge in [-0.15, -0.1) is 0 Å². The zero-order chi connectivity index (χ0) is 14.7. The van der Waals surface area contributed by atoms with E-state index in [0.717, 1.165) is 0 Å². The van der Waals surface area contributed by atoms with Crippen molar-refractivity contribution in [3.8, 4) is 0 Å². The molecule has 0 bridgehead atoms. The second kappa shape index (κ2) is 5.66. The first-order valence-corrected chi connectivity index (χ1v) is 6.01. The number of amides is 1. The molecule has 7 heteroatoms. The SMILES string of the molecule is CN(C(=O)c1ccc([N+](=O)[O-])c(Cl)c1)c1ccccn1. The standard InChI is InChI=1S/C13H10ClN3O3/c1-16(12-4-2-3-7-15-12)13(18)9-5-6-11(17(19)20)10(14)8-9/h2-8H,1H3. The van der Waals surface area contributed by atoms with Gasteiger partial charge in [0.05, 0.1) is 4.92 Å². The molecule has 2 rings (SSSR count). The van der Waals surface area contributed by atoms with Crippen LogP contribution in [0.25, 0.3) is 0 Å². The van der Waals surface area contributed by atoms with Gasteiger partial charge in [0, 0.05) is 24.9 Å². The molecule has 0 fully saturated rings. The first-order valence-electron chi connectivity index (χ1n) is 5.63. The second-order valence-corrected chi connectivity index (χ2v) is 4.38. The number of nitro benzene ring substituents is 1. The van der Waals surface area contributed by atoms with Gasteiger partial charge in [-0.1, -0.05) is 17.7 Å². The number of rotatable bonds is 3. The number of hydrogen-bond acceptors (Lipinski definition) is 4. The smallest absolute Gasteiger partial charge is 0.287 e. The molecule has 0 unspecified atom stereocenters. The first kappa shape index (κ1) is 14.0. The maximum absolute atomic E-state index is 12.2. The Morgan fingerprint density at radius 2 is 2.10 bits per heavy atom. The Hall–Kier alpha value is -2.47. The van der Waals surface area contributed by atoms with Gasteiger partial charge in [-0.3, -0.25) is 19.8 Å². The highest BCUT2D eigenvalue weighted by molar-refractivity contribution is 6.33. The van der Waals surface area contributed by atoms with Crippen molar-refractivity contribution in [1.29, 1.82) is 0 Å². The van der Waals surface area contributed by atoms with Gasteiger partial charge < -0.3 is 0 Å². The molecule has 0 radical (unpaired) electrons. The predicted molar refractivity (Wildman–Crippen MR) is 75.1 cm³/mol. The van der Waals surface area contributed by atoms with Crippen LogP contribution in [0.4, 0.5) is 11.5 Å². The monoisotopic (exact) mass is 291 g/mol. The summed E-state index contributed by atoms with van der Waals surface area (Å²) in [6.07, 6.45) is 1.57. The average Bonchev–Trinajstić information content (AvgIpc) is 2.46. The summed E-state index contributed by atoms with van der Waals surface area (Å²) in [5, 5.41) is 10.6. The molecule has 6 nitrogen and oxygen atoms in total. The summed E-state index contributed by atoms with van der Waals surface area (Å²) in [6.45, 7) is 0. The molecule has 1 heterocycles. The van der Waals surface area contributed by atoms with E-state index in [1.807, 2.05) is 0 Å². The molecule has 1 aromatic heterocycles. The number of pyridine rings is 1. The third-order valence-corrected chi connectivity index (χ3v) is 2.99. The number of hydrogen-bond donors (Lipinski definition) is 0. The first-order chi connectivity index (χ1) is 9.50. The van der Waals surface area contributed by atoms with Crippen molar-refractivity contribution >= 4 is 29.0 Å². The van der Waals surface area contributed by atoms with Crippen LogP contribution in [0.5, 0.6) is 0 Å². The molecule has 0 N–H and O–H groups in total. The highest BCUT2D eigenvalue weighted by Gasteiger charge is 2.18. The quantitative estimate of drug-likeness (QED) is 0.643. The molecular formula is C13H10ClN3O3. The van der Waals surface area contributed by atoms with Gasteiger partial charge >= 0.3 is 0 Å². The molecule has 0 aliphatic heterocycles. The summed E-state index contributed by atoms with van der Waals surface area (Å²) in [5.74, 6) is 0.132. The van der Waals surface area contributed by atoms with Crippen molar-refractivity contribution in [3.05, 3.63) is 63.3 Å². The molecule has 1 aromatic carbocycles. The average molecular weight is 292 g/mol. The van der Waals surface area contributed by atoms with Crippen LogP contribution in [0.1, 0.15) is 10.4 Å². The summed E-state index contributed by atoms with van der Waals surface area (Å²) in [7, 11) is 1.57. The van der Waals surface area contributed by atoms with E-state index < -0.39 is 4.92 Å². The fourth-order valence-electron chi connectivity index (χ4n) is 1.64. The van der Waals surface area contributed by atoms with Crippen LogP contribution in [-0.4, -0.2) is 22.9 Å². The lowest BCUT2D eigenvalue weighted by Gasteiger charge is -2.16. The van der Waals surface area contributed by atoms with Gasteiger partial charge in [0.15, 0.2) is 0 Å². The summed E-state index contributed by atoms with van der Waals surface area (Å²) in [6, 6.07) is 9.04. The molecule has 0 aliphatic rings. The van der Waals surface area contributed by atoms with Gasteiger partial charge in [-0.25, -0.2) is 4.98 Å². The fraction of sp³-hybridized carbons (Fsp3) is 0.0769. The molecule has 0 saturated carbocycles. The van der Waals surface area contributed by atoms with Crippen LogP contribution in [0.15, 0.2) is 42.6 Å². The fourth-order valence-corrected chi connectivity index (χ4v) is 1.89. The minimum absolute atomic E-state index is 0.0738. The molecule has 1 amide bonds. The number of halogens is 1. The molecule has 0 aliphatic carbocycles. The Balaban J connectivity index is 2.30. The van der Waals surface area contributed by atoms with Crippen molar-refractivity contribution in [1.82, 2.24) is 4.98 Å². The number of anilines is 1. The summed E-state index contributed by atoms with van der Waals surface area (Å²) in [4.78, 5) is 27.7. The topological polar surface area (TPSA) is 76.3 Å². The lowest BCUT2D eigenvalue weighted by molar-refractivity contribution is -0.384. The van der Waals surface area contributed by atoms with Crippen LogP contribution < -0.4 is 4.90 Å². The van der Waals surface area contributed by atoms with Gasteiger partial charge in [-0.2, -0.15) is 0 Å². The maximum atomic E-state index is 12.2. The lowest BCUT2D eigenvalue weighted by atomic mass is 10.2. The Morgan fingerprint density at radius 3 is 2.65 bits per heavy atom. The molecule has 0 saturated heterocycles. The Kier molecular flexibility index (Phi) is 3.95. The highest BCUT2D eigenvalue weighted by atomic mass is 35.5. The highest BCUT2D eigenvalue weighted by Crippen LogP contribution is 2.25. The second-order valence-electron chi connectivity index (χ2n) is 3.98. The van der Waals surface area contributed by atoms with Crippen LogP contribution in [0.2, 0.25) is 5.02 Å². The zero-order valence-corrected chi connectivity index (χ0v) is 11.2. The summed E-state index contributed by atoms with van der Waals surface area (Å²) < 4.78 is 0. The minimum Gasteiger partial charge on any atom is -0.296 e. The molecule has 20 heavy (non-hydrogen) atoms. The summed E-state index contributed by atoms with van der Waals surface area (Å²) in [5.41, 5.74) is 0.0254. The van der Waals surface area contributed by atoms with E-state index in [4.69, 9.17) is 11.6 Å². The van der Waals surface area contributed by atoms with E-state index in [0.29, 0.717) is 5.82 Å². The van der Waals surface area contributed by atoms with Crippen LogP contribution >= 0.6 is 11.6 Å². The normalized spacial score (nSPS) is 10.1. The van der Waals surface area contributed by atoms with E-state index >= 15 is 0 Å². The van der Waals surface area contributed by atoms with Gasteiger partial charge in [0.1, 0.15) is 10.8 Å². The maximum Gasteiger partial charge on any atom is 0.287 e. The van der Waals surface area contributed by atoms with Crippen molar-refractivity contribution in [2.45, 2.75) is 0 Å². The van der Waals surface area contributed by atoms with Gasteiger partial charge in [0.25, 0.3) is 11.6 Å². The van der Waals surface area contributed by atoms with E-state index in [9.17, 15) is 14.9 Å². The molecular weight excluding hydrogens is 282 g/mol. The van der Waals surface area contributed by atoms with Crippen molar-refractivity contribution in [3.63, 3.8) is 0 Å². The number of nitro groups is 1. The van der Waals surface area contributed by atoms with Crippen LogP contribution in [-0.2, 0) is 0 Å². The molecule has 0 atom stereocenters. The molecule has 102 valence electrons. The van der Waals surface area contributed by atoms with Gasteiger partial charge in [-0.05, 0) is 24.3 Å². The van der Waals surface area contributed by atoms with E-state index in [1.54, 1.807) is 31.4 Å².